The second-order valence-electron chi connectivity index (χ2n) is 4.25. The number of aromatic nitrogens is 2. The maximum absolute atomic E-state index is 5.21. The fourth-order valence-corrected chi connectivity index (χ4v) is 2.74. The summed E-state index contributed by atoms with van der Waals surface area (Å²) >= 11 is 1.76. The van der Waals surface area contributed by atoms with E-state index in [0.29, 0.717) is 6.04 Å². The first kappa shape index (κ1) is 11.0. The quantitative estimate of drug-likeness (QED) is 0.893. The standard InChI is InChI=1S/C12H15N3OS/c1-15-5-4-13-12(15)11(10-3-2-6-17-10)14-9-7-16-8-9/h2-6,9,11,14H,7-8H2,1H3. The zero-order valence-corrected chi connectivity index (χ0v) is 10.5. The van der Waals surface area contributed by atoms with Gasteiger partial charge >= 0.3 is 0 Å². The monoisotopic (exact) mass is 249 g/mol. The molecular weight excluding hydrogens is 234 g/mol. The summed E-state index contributed by atoms with van der Waals surface area (Å²) in [5, 5.41) is 5.70. The Morgan fingerprint density at radius 3 is 3.00 bits per heavy atom. The van der Waals surface area contributed by atoms with Crippen LogP contribution in [0, 0.1) is 0 Å². The van der Waals surface area contributed by atoms with Crippen LogP contribution >= 0.6 is 11.3 Å². The summed E-state index contributed by atoms with van der Waals surface area (Å²) in [5.74, 6) is 1.05. The highest BCUT2D eigenvalue weighted by Crippen LogP contribution is 2.25. The zero-order valence-electron chi connectivity index (χ0n) is 9.67. The summed E-state index contributed by atoms with van der Waals surface area (Å²) in [4.78, 5) is 5.75. The number of ether oxygens (including phenoxy) is 1. The van der Waals surface area contributed by atoms with Gasteiger partial charge in [-0.25, -0.2) is 4.98 Å². The van der Waals surface area contributed by atoms with Gasteiger partial charge < -0.3 is 9.30 Å². The van der Waals surface area contributed by atoms with E-state index < -0.39 is 0 Å². The van der Waals surface area contributed by atoms with Crippen LogP contribution in [0.15, 0.2) is 29.9 Å². The molecule has 4 nitrogen and oxygen atoms in total. The van der Waals surface area contributed by atoms with Crippen molar-refractivity contribution in [2.75, 3.05) is 13.2 Å². The highest BCUT2D eigenvalue weighted by molar-refractivity contribution is 7.10. The third-order valence-corrected chi connectivity index (χ3v) is 3.92. The highest BCUT2D eigenvalue weighted by atomic mass is 32.1. The first-order valence-corrected chi connectivity index (χ1v) is 6.57. The fourth-order valence-electron chi connectivity index (χ4n) is 1.96. The summed E-state index contributed by atoms with van der Waals surface area (Å²) in [7, 11) is 2.03. The van der Waals surface area contributed by atoms with E-state index in [1.54, 1.807) is 11.3 Å². The first-order valence-electron chi connectivity index (χ1n) is 5.69. The Morgan fingerprint density at radius 1 is 1.59 bits per heavy atom. The van der Waals surface area contributed by atoms with Crippen LogP contribution in [0.4, 0.5) is 0 Å². The summed E-state index contributed by atoms with van der Waals surface area (Å²) in [5.41, 5.74) is 0. The van der Waals surface area contributed by atoms with Crippen molar-refractivity contribution in [1.82, 2.24) is 14.9 Å². The van der Waals surface area contributed by atoms with E-state index in [-0.39, 0.29) is 6.04 Å². The Bertz CT molecular complexity index is 476. The van der Waals surface area contributed by atoms with Gasteiger partial charge in [-0.1, -0.05) is 6.07 Å². The summed E-state index contributed by atoms with van der Waals surface area (Å²) in [6.45, 7) is 1.60. The molecule has 90 valence electrons. The minimum atomic E-state index is 0.170. The van der Waals surface area contributed by atoms with E-state index in [1.165, 1.54) is 4.88 Å². The van der Waals surface area contributed by atoms with E-state index >= 15 is 0 Å². The fraction of sp³-hybridized carbons (Fsp3) is 0.417. The first-order chi connectivity index (χ1) is 8.34. The molecule has 17 heavy (non-hydrogen) atoms. The molecule has 1 N–H and O–H groups in total. The lowest BCUT2D eigenvalue weighted by Gasteiger charge is -2.31. The van der Waals surface area contributed by atoms with Crippen LogP contribution in [0.3, 0.4) is 0 Å². The average molecular weight is 249 g/mol. The van der Waals surface area contributed by atoms with Gasteiger partial charge in [0, 0.05) is 24.3 Å². The van der Waals surface area contributed by atoms with Gasteiger partial charge in [-0.15, -0.1) is 11.3 Å². The number of rotatable bonds is 4. The van der Waals surface area contributed by atoms with Crippen molar-refractivity contribution >= 4 is 11.3 Å². The van der Waals surface area contributed by atoms with Gasteiger partial charge in [0.1, 0.15) is 11.9 Å². The molecule has 2 aromatic heterocycles. The molecule has 0 aromatic carbocycles. The number of imidazole rings is 1. The Balaban J connectivity index is 1.88. The van der Waals surface area contributed by atoms with Crippen molar-refractivity contribution in [3.63, 3.8) is 0 Å². The topological polar surface area (TPSA) is 39.1 Å². The molecule has 3 rings (SSSR count). The molecule has 1 saturated heterocycles. The molecule has 0 aliphatic carbocycles. The summed E-state index contributed by atoms with van der Waals surface area (Å²) in [6, 6.07) is 4.84. The molecule has 1 fully saturated rings. The molecule has 2 aromatic rings. The van der Waals surface area contributed by atoms with Crippen molar-refractivity contribution in [1.29, 1.82) is 0 Å². The second-order valence-corrected chi connectivity index (χ2v) is 5.23. The van der Waals surface area contributed by atoms with E-state index in [9.17, 15) is 0 Å². The van der Waals surface area contributed by atoms with Gasteiger partial charge in [-0.3, -0.25) is 5.32 Å². The Hall–Kier alpha value is -1.17. The minimum Gasteiger partial charge on any atom is -0.378 e. The Labute approximate surface area is 104 Å². The molecule has 1 aliphatic heterocycles. The lowest BCUT2D eigenvalue weighted by molar-refractivity contribution is -0.00856. The molecule has 5 heteroatoms. The Morgan fingerprint density at radius 2 is 2.47 bits per heavy atom. The molecule has 3 heterocycles. The van der Waals surface area contributed by atoms with Gasteiger partial charge in [0.25, 0.3) is 0 Å². The lowest BCUT2D eigenvalue weighted by atomic mass is 10.1. The predicted molar refractivity (Wildman–Crippen MR) is 67.1 cm³/mol. The van der Waals surface area contributed by atoms with Crippen LogP contribution in [0.25, 0.3) is 0 Å². The molecule has 1 atom stereocenters. The molecule has 1 unspecified atom stereocenters. The largest absolute Gasteiger partial charge is 0.378 e. The van der Waals surface area contributed by atoms with Gasteiger partial charge in [0.2, 0.25) is 0 Å². The Kier molecular flexibility index (Phi) is 2.96. The van der Waals surface area contributed by atoms with E-state index in [0.717, 1.165) is 19.0 Å². The van der Waals surface area contributed by atoms with Gasteiger partial charge in [0.15, 0.2) is 0 Å². The van der Waals surface area contributed by atoms with Gasteiger partial charge in [0.05, 0.1) is 19.3 Å². The molecule has 1 aliphatic rings. The normalized spacial score (nSPS) is 17.9. The molecule has 0 bridgehead atoms. The predicted octanol–water partition coefficient (Wildman–Crippen LogP) is 1.56. The number of hydrogen-bond acceptors (Lipinski definition) is 4. The number of aryl methyl sites for hydroxylation is 1. The van der Waals surface area contributed by atoms with Crippen LogP contribution in [0.5, 0.6) is 0 Å². The number of hydrogen-bond donors (Lipinski definition) is 1. The molecule has 0 spiro atoms. The van der Waals surface area contributed by atoms with Gasteiger partial charge in [-0.05, 0) is 11.4 Å². The van der Waals surface area contributed by atoms with Crippen LogP contribution in [-0.2, 0) is 11.8 Å². The zero-order chi connectivity index (χ0) is 11.7. The molecule has 0 saturated carbocycles. The number of nitrogens with zero attached hydrogens (tertiary/aromatic N) is 2. The van der Waals surface area contributed by atoms with Crippen molar-refractivity contribution in [3.05, 3.63) is 40.6 Å². The van der Waals surface area contributed by atoms with Crippen molar-refractivity contribution < 1.29 is 4.74 Å². The third kappa shape index (κ3) is 2.13. The van der Waals surface area contributed by atoms with E-state index in [4.69, 9.17) is 4.74 Å². The maximum Gasteiger partial charge on any atom is 0.131 e. The van der Waals surface area contributed by atoms with E-state index in [2.05, 4.69) is 32.4 Å². The van der Waals surface area contributed by atoms with Crippen molar-refractivity contribution in [2.45, 2.75) is 12.1 Å². The smallest absolute Gasteiger partial charge is 0.131 e. The van der Waals surface area contributed by atoms with Crippen LogP contribution in [-0.4, -0.2) is 28.8 Å². The van der Waals surface area contributed by atoms with E-state index in [1.807, 2.05) is 19.4 Å². The molecule has 0 amide bonds. The van der Waals surface area contributed by atoms with Gasteiger partial charge in [-0.2, -0.15) is 0 Å². The lowest BCUT2D eigenvalue weighted by Crippen LogP contribution is -2.47. The third-order valence-electron chi connectivity index (χ3n) is 2.98. The minimum absolute atomic E-state index is 0.170. The average Bonchev–Trinajstić information content (AvgIpc) is 2.89. The van der Waals surface area contributed by atoms with Crippen LogP contribution < -0.4 is 5.32 Å². The summed E-state index contributed by atoms with van der Waals surface area (Å²) < 4.78 is 7.28. The maximum atomic E-state index is 5.21. The van der Waals surface area contributed by atoms with Crippen LogP contribution in [0.2, 0.25) is 0 Å². The SMILES string of the molecule is Cn1ccnc1C(NC1COC1)c1cccs1. The number of nitrogens with one attached hydrogen (secondary N) is 1. The van der Waals surface area contributed by atoms with Crippen LogP contribution in [0.1, 0.15) is 16.7 Å². The van der Waals surface area contributed by atoms with Crippen molar-refractivity contribution in [2.24, 2.45) is 7.05 Å². The molecule has 0 radical (unpaired) electrons. The summed E-state index contributed by atoms with van der Waals surface area (Å²) in [6.07, 6.45) is 3.82. The molecular formula is C12H15N3OS. The second kappa shape index (κ2) is 4.60. The van der Waals surface area contributed by atoms with Crippen molar-refractivity contribution in [3.8, 4) is 0 Å². The number of thiophene rings is 1. The highest BCUT2D eigenvalue weighted by Gasteiger charge is 2.26.